The van der Waals surface area contributed by atoms with Gasteiger partial charge in [0.25, 0.3) is 0 Å². The smallest absolute Gasteiger partial charge is 0.0645 e. The highest BCUT2D eigenvalue weighted by atomic mass is 14.7. The summed E-state index contributed by atoms with van der Waals surface area (Å²) in [7, 11) is 1.80. The Hall–Kier alpha value is -0.920. The normalized spacial score (nSPS) is 14.2. The molecule has 0 aliphatic carbocycles. The third-order valence-corrected chi connectivity index (χ3v) is 1.53. The van der Waals surface area contributed by atoms with Crippen molar-refractivity contribution in [2.24, 2.45) is 9.98 Å². The molecule has 68 valence electrons. The third-order valence-electron chi connectivity index (χ3n) is 1.53. The first kappa shape index (κ1) is 11.1. The lowest BCUT2D eigenvalue weighted by molar-refractivity contribution is 0.898. The van der Waals surface area contributed by atoms with Crippen LogP contribution in [0, 0.1) is 0 Å². The molecule has 0 aromatic heterocycles. The van der Waals surface area contributed by atoms with Crippen LogP contribution in [0.25, 0.3) is 0 Å². The van der Waals surface area contributed by atoms with Crippen LogP contribution in [-0.2, 0) is 0 Å². The molecule has 0 aliphatic heterocycles. The van der Waals surface area contributed by atoms with Gasteiger partial charge in [-0.15, -0.1) is 6.58 Å². The van der Waals surface area contributed by atoms with Gasteiger partial charge in [-0.2, -0.15) is 0 Å². The van der Waals surface area contributed by atoms with E-state index in [1.165, 1.54) is 0 Å². The second kappa shape index (κ2) is 8.18. The fraction of sp³-hybridized carbons (Fsp3) is 0.600. The number of hydrogen-bond acceptors (Lipinski definition) is 2. The lowest BCUT2D eigenvalue weighted by Gasteiger charge is -1.95. The second-order valence-corrected chi connectivity index (χ2v) is 2.68. The highest BCUT2D eigenvalue weighted by Crippen LogP contribution is 1.93. The van der Waals surface area contributed by atoms with Crippen LogP contribution in [0.1, 0.15) is 26.2 Å². The molecule has 1 atom stereocenters. The van der Waals surface area contributed by atoms with Gasteiger partial charge in [0.1, 0.15) is 0 Å². The monoisotopic (exact) mass is 166 g/mol. The molecule has 0 saturated heterocycles. The summed E-state index contributed by atoms with van der Waals surface area (Å²) in [6.45, 7) is 5.68. The molecule has 1 unspecified atom stereocenters. The van der Waals surface area contributed by atoms with E-state index in [1.807, 2.05) is 25.4 Å². The minimum absolute atomic E-state index is 0.254. The molecular weight excluding hydrogens is 148 g/mol. The topological polar surface area (TPSA) is 24.7 Å². The van der Waals surface area contributed by atoms with E-state index in [2.05, 4.69) is 16.6 Å². The van der Waals surface area contributed by atoms with E-state index >= 15 is 0 Å². The molecule has 0 amide bonds. The van der Waals surface area contributed by atoms with Gasteiger partial charge in [-0.1, -0.05) is 6.08 Å². The zero-order valence-corrected chi connectivity index (χ0v) is 8.03. The fourth-order valence-electron chi connectivity index (χ4n) is 0.731. The van der Waals surface area contributed by atoms with Gasteiger partial charge in [0.2, 0.25) is 0 Å². The number of unbranched alkanes of at least 4 members (excludes halogenated alkanes) is 2. The molecule has 0 rings (SSSR count). The van der Waals surface area contributed by atoms with Crippen molar-refractivity contribution in [3.8, 4) is 0 Å². The summed E-state index contributed by atoms with van der Waals surface area (Å²) in [5.74, 6) is 0. The summed E-state index contributed by atoms with van der Waals surface area (Å²) in [5, 5.41) is 0. The van der Waals surface area contributed by atoms with Gasteiger partial charge in [-0.3, -0.25) is 4.99 Å². The Kier molecular flexibility index (Phi) is 7.55. The Morgan fingerprint density at radius 2 is 2.00 bits per heavy atom. The van der Waals surface area contributed by atoms with E-state index < -0.39 is 0 Å². The molecule has 0 heterocycles. The molecule has 2 nitrogen and oxygen atoms in total. The molecule has 0 aromatic carbocycles. The van der Waals surface area contributed by atoms with Gasteiger partial charge >= 0.3 is 0 Å². The molecule has 0 aliphatic rings. The van der Waals surface area contributed by atoms with E-state index in [0.717, 1.165) is 19.3 Å². The van der Waals surface area contributed by atoms with Crippen molar-refractivity contribution in [3.63, 3.8) is 0 Å². The number of hydrogen-bond donors (Lipinski definition) is 0. The molecule has 0 aromatic rings. The summed E-state index contributed by atoms with van der Waals surface area (Å²) in [6, 6.07) is 0.254. The van der Waals surface area contributed by atoms with Crippen molar-refractivity contribution in [2.45, 2.75) is 32.2 Å². The van der Waals surface area contributed by atoms with Crippen LogP contribution >= 0.6 is 0 Å². The summed E-state index contributed by atoms with van der Waals surface area (Å²) < 4.78 is 0. The first-order valence-corrected chi connectivity index (χ1v) is 4.36. The van der Waals surface area contributed by atoms with Gasteiger partial charge < -0.3 is 4.99 Å². The van der Waals surface area contributed by atoms with Crippen LogP contribution in [0.2, 0.25) is 0 Å². The van der Waals surface area contributed by atoms with E-state index in [1.54, 1.807) is 7.05 Å². The zero-order chi connectivity index (χ0) is 9.23. The van der Waals surface area contributed by atoms with Crippen LogP contribution in [0.5, 0.6) is 0 Å². The summed E-state index contributed by atoms with van der Waals surface area (Å²) >= 11 is 0. The molecule has 0 bridgehead atoms. The van der Waals surface area contributed by atoms with Crippen molar-refractivity contribution < 1.29 is 0 Å². The van der Waals surface area contributed by atoms with Crippen LogP contribution in [0.3, 0.4) is 0 Å². The number of nitrogens with zero attached hydrogens (tertiary/aromatic N) is 2. The zero-order valence-electron chi connectivity index (χ0n) is 8.03. The van der Waals surface area contributed by atoms with Gasteiger partial charge in [0.15, 0.2) is 0 Å². The maximum Gasteiger partial charge on any atom is 0.0645 e. The predicted octanol–water partition coefficient (Wildman–Crippen LogP) is 2.50. The van der Waals surface area contributed by atoms with Gasteiger partial charge in [-0.25, -0.2) is 0 Å². The molecule has 0 N–H and O–H groups in total. The lowest BCUT2D eigenvalue weighted by Crippen LogP contribution is -1.91. The summed E-state index contributed by atoms with van der Waals surface area (Å²) in [6.07, 6.45) is 8.95. The Morgan fingerprint density at radius 1 is 1.33 bits per heavy atom. The SMILES string of the molecule is C=CC(C)N=CCCCC=NC. The van der Waals surface area contributed by atoms with E-state index in [4.69, 9.17) is 0 Å². The molecule has 12 heavy (non-hydrogen) atoms. The van der Waals surface area contributed by atoms with E-state index in [9.17, 15) is 0 Å². The molecule has 2 heteroatoms. The highest BCUT2D eigenvalue weighted by molar-refractivity contribution is 5.60. The maximum absolute atomic E-state index is 4.25. The highest BCUT2D eigenvalue weighted by Gasteiger charge is 1.86. The fourth-order valence-corrected chi connectivity index (χ4v) is 0.731. The average molecular weight is 166 g/mol. The van der Waals surface area contributed by atoms with Crippen molar-refractivity contribution in [1.29, 1.82) is 0 Å². The maximum atomic E-state index is 4.25. The average Bonchev–Trinajstić information content (AvgIpc) is 2.10. The first-order valence-electron chi connectivity index (χ1n) is 4.36. The molecule has 0 fully saturated rings. The van der Waals surface area contributed by atoms with Gasteiger partial charge in [0, 0.05) is 7.05 Å². The quantitative estimate of drug-likeness (QED) is 0.329. The van der Waals surface area contributed by atoms with Crippen LogP contribution < -0.4 is 0 Å². The summed E-state index contributed by atoms with van der Waals surface area (Å²) in [4.78, 5) is 8.15. The molecule has 0 spiro atoms. The van der Waals surface area contributed by atoms with Gasteiger partial charge in [0.05, 0.1) is 6.04 Å². The second-order valence-electron chi connectivity index (χ2n) is 2.68. The molecular formula is C10H18N2. The molecule has 0 radical (unpaired) electrons. The van der Waals surface area contributed by atoms with Crippen molar-refractivity contribution in [3.05, 3.63) is 12.7 Å². The van der Waals surface area contributed by atoms with Crippen LogP contribution in [-0.4, -0.2) is 25.5 Å². The standard InChI is InChI=1S/C10H18N2/c1-4-10(2)12-9-7-5-6-8-11-3/h4,8-10H,1,5-7H2,2-3H3. The Morgan fingerprint density at radius 3 is 2.58 bits per heavy atom. The Labute approximate surface area is 75.1 Å². The van der Waals surface area contributed by atoms with Crippen LogP contribution in [0.4, 0.5) is 0 Å². The lowest BCUT2D eigenvalue weighted by atomic mass is 10.2. The van der Waals surface area contributed by atoms with E-state index in [0.29, 0.717) is 0 Å². The van der Waals surface area contributed by atoms with Crippen molar-refractivity contribution in [2.75, 3.05) is 7.05 Å². The third kappa shape index (κ3) is 7.19. The van der Waals surface area contributed by atoms with Crippen molar-refractivity contribution in [1.82, 2.24) is 0 Å². The number of rotatable bonds is 6. The minimum Gasteiger partial charge on any atom is -0.301 e. The first-order chi connectivity index (χ1) is 5.81. The molecule has 0 saturated carbocycles. The van der Waals surface area contributed by atoms with Gasteiger partial charge in [-0.05, 0) is 38.6 Å². The van der Waals surface area contributed by atoms with Crippen LogP contribution in [0.15, 0.2) is 22.6 Å². The van der Waals surface area contributed by atoms with E-state index in [-0.39, 0.29) is 6.04 Å². The Balaban J connectivity index is 3.29. The largest absolute Gasteiger partial charge is 0.301 e. The minimum atomic E-state index is 0.254. The number of aliphatic imine (C=N–C) groups is 2. The predicted molar refractivity (Wildman–Crippen MR) is 56.4 cm³/mol. The summed E-state index contributed by atoms with van der Waals surface area (Å²) in [5.41, 5.74) is 0. The Bertz CT molecular complexity index is 159. The van der Waals surface area contributed by atoms with Crippen molar-refractivity contribution >= 4 is 12.4 Å².